The molecule has 0 saturated heterocycles. The minimum Gasteiger partial charge on any atom is -0.0889 e. The van der Waals surface area contributed by atoms with Crippen molar-refractivity contribution in [1.29, 1.82) is 0 Å². The molecule has 0 N–H and O–H groups in total. The third-order valence-electron chi connectivity index (χ3n) is 3.60. The summed E-state index contributed by atoms with van der Waals surface area (Å²) in [6, 6.07) is 0. The quantitative estimate of drug-likeness (QED) is 0.632. The van der Waals surface area contributed by atoms with Crippen LogP contribution in [0, 0.1) is 0 Å². The van der Waals surface area contributed by atoms with Gasteiger partial charge < -0.3 is 0 Å². The Morgan fingerprint density at radius 1 is 0.944 bits per heavy atom. The third-order valence-corrected chi connectivity index (χ3v) is 7.28. The first-order valence-corrected chi connectivity index (χ1v) is 8.48. The van der Waals surface area contributed by atoms with Gasteiger partial charge in [-0.3, -0.25) is 0 Å². The molecule has 0 aromatic heterocycles. The molecule has 0 spiro atoms. The minimum atomic E-state index is -0.489. The van der Waals surface area contributed by atoms with Crippen LogP contribution in [0.3, 0.4) is 0 Å². The van der Waals surface area contributed by atoms with Crippen molar-refractivity contribution in [3.63, 3.8) is 0 Å². The van der Waals surface area contributed by atoms with Gasteiger partial charge in [0.2, 0.25) is 0 Å². The van der Waals surface area contributed by atoms with E-state index in [9.17, 15) is 0 Å². The molecule has 0 amide bonds. The van der Waals surface area contributed by atoms with Crippen LogP contribution in [0.15, 0.2) is 43.8 Å². The number of hydrogen-bond donors (Lipinski definition) is 0. The Morgan fingerprint density at radius 3 is 1.67 bits per heavy atom. The number of allylic oxidation sites excluding steroid dienone is 8. The molecule has 0 radical (unpaired) electrons. The standard InChI is InChI=1S/C14H18Cl2Si.Zr/c1-3-9-5-7-11(15)13(9)17-14-10(4-2)6-8-12(14)16;/h5-6H,3-4,7-8,17H2,1-2H3;. The summed E-state index contributed by atoms with van der Waals surface area (Å²) < 4.78 is 0. The van der Waals surface area contributed by atoms with E-state index in [2.05, 4.69) is 26.0 Å². The average molecular weight is 377 g/mol. The van der Waals surface area contributed by atoms with Crippen molar-refractivity contribution >= 4 is 32.7 Å². The van der Waals surface area contributed by atoms with Gasteiger partial charge in [-0.2, -0.15) is 0 Å². The Kier molecular flexibility index (Phi) is 6.89. The molecule has 0 atom stereocenters. The van der Waals surface area contributed by atoms with E-state index >= 15 is 0 Å². The largest absolute Gasteiger partial charge is 0.0912 e. The molecule has 18 heavy (non-hydrogen) atoms. The summed E-state index contributed by atoms with van der Waals surface area (Å²) in [7, 11) is -0.489. The van der Waals surface area contributed by atoms with Crippen molar-refractivity contribution in [2.45, 2.75) is 39.5 Å². The van der Waals surface area contributed by atoms with E-state index in [1.165, 1.54) is 21.5 Å². The maximum absolute atomic E-state index is 6.35. The molecule has 2 aliphatic carbocycles. The van der Waals surface area contributed by atoms with Crippen LogP contribution in [0.4, 0.5) is 0 Å². The van der Waals surface area contributed by atoms with Gasteiger partial charge in [0.1, 0.15) is 0 Å². The molecule has 4 heteroatoms. The molecule has 0 bridgehead atoms. The van der Waals surface area contributed by atoms with Crippen LogP contribution < -0.4 is 0 Å². The third kappa shape index (κ3) is 3.39. The van der Waals surface area contributed by atoms with E-state index in [0.717, 1.165) is 35.7 Å². The predicted octanol–water partition coefficient (Wildman–Crippen LogP) is 4.53. The average Bonchev–Trinajstić information content (AvgIpc) is 2.85. The second-order valence-corrected chi connectivity index (χ2v) is 7.20. The molecule has 0 saturated carbocycles. The van der Waals surface area contributed by atoms with Crippen molar-refractivity contribution in [3.05, 3.63) is 43.8 Å². The number of rotatable bonds is 4. The van der Waals surface area contributed by atoms with Gasteiger partial charge >= 0.3 is 0 Å². The molecule has 0 aromatic rings. The van der Waals surface area contributed by atoms with E-state index in [-0.39, 0.29) is 26.2 Å². The Hall–Kier alpha value is 0.640. The summed E-state index contributed by atoms with van der Waals surface area (Å²) in [4.78, 5) is 0. The second kappa shape index (κ2) is 7.43. The molecule has 0 nitrogen and oxygen atoms in total. The summed E-state index contributed by atoms with van der Waals surface area (Å²) in [6.45, 7) is 4.41. The first kappa shape index (κ1) is 16.7. The first-order valence-electron chi connectivity index (χ1n) is 6.31. The Balaban J connectivity index is 0.00000162. The molecular weight excluding hydrogens is 358 g/mol. The zero-order valence-corrected chi connectivity index (χ0v) is 16.3. The van der Waals surface area contributed by atoms with E-state index < -0.39 is 9.52 Å². The fourth-order valence-corrected chi connectivity index (χ4v) is 5.64. The molecule has 96 valence electrons. The van der Waals surface area contributed by atoms with Crippen LogP contribution in [0.25, 0.3) is 0 Å². The van der Waals surface area contributed by atoms with Gasteiger partial charge in [-0.25, -0.2) is 0 Å². The molecular formula is C14H18Cl2SiZr. The summed E-state index contributed by atoms with van der Waals surface area (Å²) in [6.07, 6.45) is 8.61. The maximum atomic E-state index is 6.35. The second-order valence-electron chi connectivity index (χ2n) is 4.52. The number of hydrogen-bond acceptors (Lipinski definition) is 0. The van der Waals surface area contributed by atoms with Crippen LogP contribution in [-0.2, 0) is 26.2 Å². The molecule has 2 rings (SSSR count). The SMILES string of the molecule is CCC1=CCC(Cl)=C1[SiH2]C1=C(Cl)CC=C1CC.[Zr]. The molecule has 0 aliphatic heterocycles. The molecule has 0 heterocycles. The van der Waals surface area contributed by atoms with Crippen LogP contribution in [0.5, 0.6) is 0 Å². The normalized spacial score (nSPS) is 19.1. The smallest absolute Gasteiger partial charge is 0.0889 e. The van der Waals surface area contributed by atoms with Crippen molar-refractivity contribution in [2.24, 2.45) is 0 Å². The minimum absolute atomic E-state index is 0. The van der Waals surface area contributed by atoms with Gasteiger partial charge in [0.25, 0.3) is 0 Å². The molecule has 0 aromatic carbocycles. The van der Waals surface area contributed by atoms with Gasteiger partial charge in [0.05, 0.1) is 9.52 Å². The fraction of sp³-hybridized carbons (Fsp3) is 0.429. The van der Waals surface area contributed by atoms with Crippen LogP contribution in [0.2, 0.25) is 0 Å². The summed E-state index contributed by atoms with van der Waals surface area (Å²) in [5.74, 6) is 0. The van der Waals surface area contributed by atoms with Gasteiger partial charge in [-0.1, -0.05) is 60.3 Å². The zero-order valence-electron chi connectivity index (χ0n) is 10.9. The van der Waals surface area contributed by atoms with Crippen LogP contribution >= 0.6 is 23.2 Å². The monoisotopic (exact) mass is 374 g/mol. The van der Waals surface area contributed by atoms with Crippen molar-refractivity contribution in [1.82, 2.24) is 0 Å². The van der Waals surface area contributed by atoms with Gasteiger partial charge in [0, 0.05) is 49.1 Å². The van der Waals surface area contributed by atoms with Crippen molar-refractivity contribution in [3.8, 4) is 0 Å². The van der Waals surface area contributed by atoms with Crippen LogP contribution in [0.1, 0.15) is 39.5 Å². The van der Waals surface area contributed by atoms with Gasteiger partial charge in [0.15, 0.2) is 0 Å². The maximum Gasteiger partial charge on any atom is 0.0912 e. The summed E-state index contributed by atoms with van der Waals surface area (Å²) in [5, 5.41) is 5.02. The van der Waals surface area contributed by atoms with E-state index in [0.29, 0.717) is 0 Å². The van der Waals surface area contributed by atoms with Gasteiger partial charge in [-0.05, 0) is 23.2 Å². The topological polar surface area (TPSA) is 0 Å². The van der Waals surface area contributed by atoms with E-state index in [4.69, 9.17) is 23.2 Å². The number of halogens is 2. The van der Waals surface area contributed by atoms with Crippen molar-refractivity contribution < 1.29 is 26.2 Å². The Bertz CT molecular complexity index is 416. The van der Waals surface area contributed by atoms with Crippen LogP contribution in [-0.4, -0.2) is 9.52 Å². The molecule has 2 aliphatic rings. The summed E-state index contributed by atoms with van der Waals surface area (Å²) in [5.41, 5.74) is 2.92. The van der Waals surface area contributed by atoms with E-state index in [1.807, 2.05) is 0 Å². The zero-order chi connectivity index (χ0) is 12.4. The summed E-state index contributed by atoms with van der Waals surface area (Å²) >= 11 is 12.7. The predicted molar refractivity (Wildman–Crippen MR) is 80.3 cm³/mol. The van der Waals surface area contributed by atoms with Gasteiger partial charge in [-0.15, -0.1) is 0 Å². The fourth-order valence-electron chi connectivity index (χ4n) is 2.58. The van der Waals surface area contributed by atoms with Crippen molar-refractivity contribution in [2.75, 3.05) is 0 Å². The first-order chi connectivity index (χ1) is 8.17. The van der Waals surface area contributed by atoms with E-state index in [1.54, 1.807) is 0 Å². The molecule has 0 fully saturated rings. The molecule has 0 unspecified atom stereocenters. The Labute approximate surface area is 141 Å². The Morgan fingerprint density at radius 2 is 1.33 bits per heavy atom.